The van der Waals surface area contributed by atoms with Crippen LogP contribution in [0, 0.1) is 0 Å². The first kappa shape index (κ1) is 16.4. The van der Waals surface area contributed by atoms with E-state index in [1.54, 1.807) is 54.9 Å². The lowest BCUT2D eigenvalue weighted by Gasteiger charge is -2.10. The molecular weight excluding hydrogens is 349 g/mol. The molecule has 5 nitrogen and oxygen atoms in total. The summed E-state index contributed by atoms with van der Waals surface area (Å²) >= 11 is 12.1. The lowest BCUT2D eigenvalue weighted by Crippen LogP contribution is -2.23. The molecule has 0 atom stereocenters. The number of hydrogen-bond donors (Lipinski definition) is 2. The van der Waals surface area contributed by atoms with E-state index in [1.165, 1.54) is 0 Å². The van der Waals surface area contributed by atoms with E-state index in [-0.39, 0.29) is 11.6 Å². The fourth-order valence-electron chi connectivity index (χ4n) is 2.05. The fraction of sp³-hybridized carbons (Fsp3) is 0.0588. The van der Waals surface area contributed by atoms with Crippen molar-refractivity contribution in [1.29, 1.82) is 0 Å². The topological polar surface area (TPSA) is 67.2 Å². The molecule has 2 aromatic heterocycles. The summed E-state index contributed by atoms with van der Waals surface area (Å²) in [6.45, 7) is 0.297. The van der Waals surface area contributed by atoms with Gasteiger partial charge in [0.05, 0.1) is 23.5 Å². The molecule has 0 aliphatic rings. The Balaban J connectivity index is 1.71. The molecule has 0 saturated carbocycles. The van der Waals surface area contributed by atoms with Crippen LogP contribution >= 0.6 is 23.2 Å². The number of nitrogens with zero attached hydrogens (tertiary/aromatic N) is 1. The van der Waals surface area contributed by atoms with Gasteiger partial charge in [0.2, 0.25) is 0 Å². The molecule has 0 fully saturated rings. The van der Waals surface area contributed by atoms with E-state index in [0.717, 1.165) is 0 Å². The van der Waals surface area contributed by atoms with Gasteiger partial charge in [-0.05, 0) is 42.5 Å². The zero-order valence-corrected chi connectivity index (χ0v) is 13.9. The maximum Gasteiger partial charge on any atom is 0.270 e. The first-order valence-electron chi connectivity index (χ1n) is 7.10. The van der Waals surface area contributed by atoms with Crippen LogP contribution in [0.5, 0.6) is 0 Å². The van der Waals surface area contributed by atoms with E-state index in [0.29, 0.717) is 33.7 Å². The van der Waals surface area contributed by atoms with Gasteiger partial charge in [0.1, 0.15) is 11.5 Å². The second-order valence-electron chi connectivity index (χ2n) is 4.94. The Morgan fingerprint density at radius 2 is 2.04 bits per heavy atom. The number of aromatic nitrogens is 1. The molecule has 1 amide bonds. The third-order valence-electron chi connectivity index (χ3n) is 3.20. The van der Waals surface area contributed by atoms with E-state index in [9.17, 15) is 4.79 Å². The van der Waals surface area contributed by atoms with Crippen LogP contribution in [-0.4, -0.2) is 10.9 Å². The molecule has 7 heteroatoms. The number of hydrogen-bond acceptors (Lipinski definition) is 4. The van der Waals surface area contributed by atoms with Crippen molar-refractivity contribution in [1.82, 2.24) is 10.3 Å². The number of halogens is 2. The number of nitrogens with one attached hydrogen (secondary N) is 2. The van der Waals surface area contributed by atoms with Crippen LogP contribution in [0.3, 0.4) is 0 Å². The lowest BCUT2D eigenvalue weighted by atomic mass is 10.2. The first-order chi connectivity index (χ1) is 11.6. The van der Waals surface area contributed by atoms with E-state index < -0.39 is 0 Å². The van der Waals surface area contributed by atoms with Crippen molar-refractivity contribution in [2.24, 2.45) is 0 Å². The number of carbonyl (C=O) groups excluding carboxylic acids is 1. The number of rotatable bonds is 5. The summed E-state index contributed by atoms with van der Waals surface area (Å²) in [4.78, 5) is 16.3. The standard InChI is InChI=1S/C17H13Cl2N3O2/c18-11-3-4-14(19)15(8-11)22-12-5-6-20-16(9-12)17(23)21-10-13-2-1-7-24-13/h1-9H,10H2,(H,20,22)(H,21,23). The van der Waals surface area contributed by atoms with Crippen molar-refractivity contribution in [3.63, 3.8) is 0 Å². The van der Waals surface area contributed by atoms with Gasteiger partial charge in [-0.2, -0.15) is 0 Å². The highest BCUT2D eigenvalue weighted by Crippen LogP contribution is 2.28. The minimum atomic E-state index is -0.299. The van der Waals surface area contributed by atoms with Gasteiger partial charge in [0.25, 0.3) is 5.91 Å². The summed E-state index contributed by atoms with van der Waals surface area (Å²) in [5.41, 5.74) is 1.61. The van der Waals surface area contributed by atoms with Crippen LogP contribution in [0.15, 0.2) is 59.3 Å². The van der Waals surface area contributed by atoms with Crippen LogP contribution in [-0.2, 0) is 6.54 Å². The summed E-state index contributed by atoms with van der Waals surface area (Å²) in [5, 5.41) is 6.96. The Kier molecular flexibility index (Phi) is 5.03. The maximum atomic E-state index is 12.2. The fourth-order valence-corrected chi connectivity index (χ4v) is 2.39. The molecule has 0 aliphatic heterocycles. The average molecular weight is 362 g/mol. The summed E-state index contributed by atoms with van der Waals surface area (Å²) in [7, 11) is 0. The number of pyridine rings is 1. The lowest BCUT2D eigenvalue weighted by molar-refractivity contribution is 0.0943. The summed E-state index contributed by atoms with van der Waals surface area (Å²) in [6, 6.07) is 12.0. The molecule has 3 rings (SSSR count). The van der Waals surface area contributed by atoms with Crippen LogP contribution in [0.4, 0.5) is 11.4 Å². The molecule has 2 N–H and O–H groups in total. The number of benzene rings is 1. The molecular formula is C17H13Cl2N3O2. The van der Waals surface area contributed by atoms with Crippen LogP contribution in [0.25, 0.3) is 0 Å². The third kappa shape index (κ3) is 4.07. The Hall–Kier alpha value is -2.50. The zero-order valence-electron chi connectivity index (χ0n) is 12.4. The summed E-state index contributed by atoms with van der Waals surface area (Å²) < 4.78 is 5.17. The normalized spacial score (nSPS) is 10.4. The van der Waals surface area contributed by atoms with Gasteiger partial charge in [-0.3, -0.25) is 9.78 Å². The molecule has 0 spiro atoms. The maximum absolute atomic E-state index is 12.2. The Bertz CT molecular complexity index is 851. The molecule has 0 aliphatic carbocycles. The molecule has 0 unspecified atom stereocenters. The van der Waals surface area contributed by atoms with E-state index >= 15 is 0 Å². The monoisotopic (exact) mass is 361 g/mol. The van der Waals surface area contributed by atoms with Gasteiger partial charge in [-0.25, -0.2) is 0 Å². The molecule has 122 valence electrons. The zero-order chi connectivity index (χ0) is 16.9. The highest BCUT2D eigenvalue weighted by Gasteiger charge is 2.09. The van der Waals surface area contributed by atoms with E-state index in [4.69, 9.17) is 27.6 Å². The van der Waals surface area contributed by atoms with Crippen LogP contribution < -0.4 is 10.6 Å². The van der Waals surface area contributed by atoms with Crippen LogP contribution in [0.2, 0.25) is 10.0 Å². The van der Waals surface area contributed by atoms with Crippen LogP contribution in [0.1, 0.15) is 16.2 Å². The van der Waals surface area contributed by atoms with Gasteiger partial charge in [0, 0.05) is 16.9 Å². The predicted molar refractivity (Wildman–Crippen MR) is 93.9 cm³/mol. The highest BCUT2D eigenvalue weighted by atomic mass is 35.5. The summed E-state index contributed by atoms with van der Waals surface area (Å²) in [6.07, 6.45) is 3.10. The second-order valence-corrected chi connectivity index (χ2v) is 5.78. The average Bonchev–Trinajstić information content (AvgIpc) is 3.10. The first-order valence-corrected chi connectivity index (χ1v) is 7.86. The van der Waals surface area contributed by atoms with Crippen molar-refractivity contribution < 1.29 is 9.21 Å². The van der Waals surface area contributed by atoms with Gasteiger partial charge in [-0.1, -0.05) is 23.2 Å². The van der Waals surface area contributed by atoms with Gasteiger partial charge >= 0.3 is 0 Å². The third-order valence-corrected chi connectivity index (χ3v) is 3.77. The van der Waals surface area contributed by atoms with Gasteiger partial charge in [-0.15, -0.1) is 0 Å². The van der Waals surface area contributed by atoms with Crippen molar-refractivity contribution in [2.75, 3.05) is 5.32 Å². The van der Waals surface area contributed by atoms with Gasteiger partial charge < -0.3 is 15.1 Å². The van der Waals surface area contributed by atoms with Crippen molar-refractivity contribution in [3.05, 3.63) is 76.4 Å². The molecule has 0 saturated heterocycles. The number of carbonyl (C=O) groups is 1. The van der Waals surface area contributed by atoms with E-state index in [1.807, 2.05) is 0 Å². The molecule has 0 radical (unpaired) electrons. The van der Waals surface area contributed by atoms with Crippen molar-refractivity contribution in [2.45, 2.75) is 6.54 Å². The Labute approximate surface area is 148 Å². The molecule has 3 aromatic rings. The van der Waals surface area contributed by atoms with E-state index in [2.05, 4.69) is 15.6 Å². The number of amides is 1. The highest BCUT2D eigenvalue weighted by molar-refractivity contribution is 6.35. The molecule has 1 aromatic carbocycles. The number of anilines is 2. The molecule has 24 heavy (non-hydrogen) atoms. The smallest absolute Gasteiger partial charge is 0.270 e. The van der Waals surface area contributed by atoms with Gasteiger partial charge in [0.15, 0.2) is 0 Å². The predicted octanol–water partition coefficient (Wildman–Crippen LogP) is 4.66. The van der Waals surface area contributed by atoms with Crippen molar-refractivity contribution in [3.8, 4) is 0 Å². The minimum absolute atomic E-state index is 0.282. The van der Waals surface area contributed by atoms with Crippen molar-refractivity contribution >= 4 is 40.5 Å². The second kappa shape index (κ2) is 7.38. The number of furan rings is 1. The summed E-state index contributed by atoms with van der Waals surface area (Å²) in [5.74, 6) is 0.371. The minimum Gasteiger partial charge on any atom is -0.467 e. The Morgan fingerprint density at radius 3 is 2.83 bits per heavy atom. The molecule has 2 heterocycles. The SMILES string of the molecule is O=C(NCc1ccco1)c1cc(Nc2cc(Cl)ccc2Cl)ccn1. The molecule has 0 bridgehead atoms. The quantitative estimate of drug-likeness (QED) is 0.693. The Morgan fingerprint density at radius 1 is 1.17 bits per heavy atom. The largest absolute Gasteiger partial charge is 0.467 e.